The van der Waals surface area contributed by atoms with Gasteiger partial charge >= 0.3 is 0 Å². The molecule has 3 heterocycles. The second-order valence-electron chi connectivity index (χ2n) is 11.6. The number of carbonyl (C=O) groups excluding carboxylic acids is 1. The molecule has 1 saturated carbocycles. The second kappa shape index (κ2) is 9.35. The average molecular weight is 524 g/mol. The number of hydrogen-bond donors (Lipinski definition) is 2. The Hall–Kier alpha value is -2.97. The van der Waals surface area contributed by atoms with E-state index < -0.39 is 12.0 Å². The summed E-state index contributed by atoms with van der Waals surface area (Å²) in [4.78, 5) is 20.3. The maximum absolute atomic E-state index is 14.0. The number of aromatic nitrogens is 1. The first-order chi connectivity index (χ1) is 18.2. The van der Waals surface area contributed by atoms with E-state index in [1.54, 1.807) is 12.0 Å². The highest BCUT2D eigenvalue weighted by molar-refractivity contribution is 5.94. The van der Waals surface area contributed by atoms with Gasteiger partial charge < -0.3 is 19.7 Å². The number of ether oxygens (including phenoxy) is 1. The van der Waals surface area contributed by atoms with Crippen LogP contribution in [0.3, 0.4) is 0 Å². The molecule has 2 N–H and O–H groups in total. The van der Waals surface area contributed by atoms with Crippen LogP contribution in [0, 0.1) is 12.3 Å². The van der Waals surface area contributed by atoms with Crippen LogP contribution in [-0.2, 0) is 6.54 Å². The minimum atomic E-state index is -2.57. The molecule has 202 valence electrons. The molecule has 1 spiro atoms. The van der Waals surface area contributed by atoms with Crippen LogP contribution in [0.15, 0.2) is 42.6 Å². The highest BCUT2D eigenvalue weighted by Crippen LogP contribution is 2.60. The Morgan fingerprint density at radius 3 is 2.61 bits per heavy atom. The molecule has 1 aromatic heterocycles. The molecule has 3 fully saturated rings. The number of nitrogens with zero attached hydrogens (tertiary/aromatic N) is 2. The number of aliphatic hydroxyl groups excluding tert-OH is 1. The molecular weight excluding hydrogens is 488 g/mol. The number of likely N-dealkylation sites (tertiary alicyclic amines) is 2. The molecule has 6 rings (SSSR count). The van der Waals surface area contributed by atoms with Crippen LogP contribution in [-0.4, -0.2) is 64.6 Å². The van der Waals surface area contributed by atoms with Gasteiger partial charge in [0.25, 0.3) is 5.91 Å². The molecule has 0 radical (unpaired) electrons. The SMILES string of the molecule is COc1cc(C)c2[nH]ccc2c1CN1CCC2(C[C@H]1c1ccc(C(=O)N3CC[C@@H](O)C3)cc1)CC(F)(F)C2. The van der Waals surface area contributed by atoms with E-state index >= 15 is 0 Å². The third-order valence-corrected chi connectivity index (χ3v) is 8.95. The smallest absolute Gasteiger partial charge is 0.253 e. The number of carbonyl (C=O) groups is 1. The van der Waals surface area contributed by atoms with E-state index in [0.717, 1.165) is 46.3 Å². The quantitative estimate of drug-likeness (QED) is 0.467. The van der Waals surface area contributed by atoms with Gasteiger partial charge in [0.1, 0.15) is 5.75 Å². The van der Waals surface area contributed by atoms with Crippen LogP contribution < -0.4 is 4.74 Å². The number of aryl methyl sites for hydroxylation is 1. The van der Waals surface area contributed by atoms with Crippen molar-refractivity contribution < 1.29 is 23.4 Å². The first kappa shape index (κ1) is 25.3. The van der Waals surface area contributed by atoms with Gasteiger partial charge in [0.05, 0.1) is 13.2 Å². The number of piperidine rings is 1. The van der Waals surface area contributed by atoms with Gasteiger partial charge in [0, 0.05) is 66.7 Å². The fourth-order valence-corrected chi connectivity index (χ4v) is 7.00. The molecule has 3 aliphatic rings. The molecule has 0 unspecified atom stereocenters. The first-order valence-electron chi connectivity index (χ1n) is 13.5. The zero-order chi connectivity index (χ0) is 26.7. The van der Waals surface area contributed by atoms with Crippen molar-refractivity contribution in [1.82, 2.24) is 14.8 Å². The Bertz CT molecular complexity index is 1340. The zero-order valence-corrected chi connectivity index (χ0v) is 22.0. The van der Waals surface area contributed by atoms with Gasteiger partial charge in [-0.25, -0.2) is 8.78 Å². The number of rotatable bonds is 5. The van der Waals surface area contributed by atoms with Gasteiger partial charge in [0.15, 0.2) is 0 Å². The number of aliphatic hydroxyl groups is 1. The first-order valence-corrected chi connectivity index (χ1v) is 13.5. The highest BCUT2D eigenvalue weighted by Gasteiger charge is 2.58. The van der Waals surface area contributed by atoms with E-state index in [9.17, 15) is 18.7 Å². The minimum absolute atomic E-state index is 0.0439. The van der Waals surface area contributed by atoms with Gasteiger partial charge in [0.2, 0.25) is 5.92 Å². The molecule has 0 bridgehead atoms. The van der Waals surface area contributed by atoms with Crippen LogP contribution in [0.4, 0.5) is 8.78 Å². The maximum Gasteiger partial charge on any atom is 0.253 e. The molecule has 1 aliphatic carbocycles. The van der Waals surface area contributed by atoms with E-state index in [1.807, 2.05) is 30.5 Å². The Morgan fingerprint density at radius 2 is 1.95 bits per heavy atom. The topological polar surface area (TPSA) is 68.8 Å². The fraction of sp³-hybridized carbons (Fsp3) is 0.500. The van der Waals surface area contributed by atoms with Crippen LogP contribution in [0.2, 0.25) is 0 Å². The number of benzene rings is 2. The van der Waals surface area contributed by atoms with Crippen molar-refractivity contribution in [2.75, 3.05) is 26.7 Å². The summed E-state index contributed by atoms with van der Waals surface area (Å²) in [5, 5.41) is 10.9. The van der Waals surface area contributed by atoms with E-state index in [-0.39, 0.29) is 30.2 Å². The predicted molar refractivity (Wildman–Crippen MR) is 142 cm³/mol. The molecule has 8 heteroatoms. The molecule has 2 atom stereocenters. The summed E-state index contributed by atoms with van der Waals surface area (Å²) in [5.41, 5.74) is 4.57. The molecule has 6 nitrogen and oxygen atoms in total. The van der Waals surface area contributed by atoms with Gasteiger partial charge in [-0.2, -0.15) is 0 Å². The number of methoxy groups -OCH3 is 1. The lowest BCUT2D eigenvalue weighted by Gasteiger charge is -2.54. The Balaban J connectivity index is 1.30. The molecule has 2 aromatic carbocycles. The van der Waals surface area contributed by atoms with Crippen molar-refractivity contribution in [3.05, 3.63) is 64.8 Å². The third kappa shape index (κ3) is 4.47. The lowest BCUT2D eigenvalue weighted by molar-refractivity contribution is -0.186. The highest BCUT2D eigenvalue weighted by atomic mass is 19.3. The molecule has 38 heavy (non-hydrogen) atoms. The third-order valence-electron chi connectivity index (χ3n) is 8.95. The van der Waals surface area contributed by atoms with Gasteiger partial charge in [-0.1, -0.05) is 12.1 Å². The molecular formula is C30H35F2N3O3. The monoisotopic (exact) mass is 523 g/mol. The lowest BCUT2D eigenvalue weighted by Crippen LogP contribution is -2.53. The van der Waals surface area contributed by atoms with Crippen LogP contribution in [0.25, 0.3) is 10.9 Å². The van der Waals surface area contributed by atoms with Gasteiger partial charge in [-0.05, 0) is 73.5 Å². The molecule has 3 aromatic rings. The number of halogens is 2. The number of H-pyrrole nitrogens is 1. The van der Waals surface area contributed by atoms with Crippen LogP contribution in [0.5, 0.6) is 5.75 Å². The lowest BCUT2D eigenvalue weighted by atomic mass is 9.59. The van der Waals surface area contributed by atoms with Gasteiger partial charge in [-0.3, -0.25) is 9.69 Å². The summed E-state index contributed by atoms with van der Waals surface area (Å²) in [5.74, 6) is -1.82. The number of amides is 1. The number of alkyl halides is 2. The number of nitrogens with one attached hydrogen (secondary N) is 1. The van der Waals surface area contributed by atoms with E-state index in [4.69, 9.17) is 4.74 Å². The Kier molecular flexibility index (Phi) is 6.23. The fourth-order valence-electron chi connectivity index (χ4n) is 7.00. The summed E-state index contributed by atoms with van der Waals surface area (Å²) >= 11 is 0. The minimum Gasteiger partial charge on any atom is -0.496 e. The van der Waals surface area contributed by atoms with E-state index in [0.29, 0.717) is 38.0 Å². The summed E-state index contributed by atoms with van der Waals surface area (Å²) in [6.07, 6.45) is 3.40. The average Bonchev–Trinajstić information content (AvgIpc) is 3.55. The standard InChI is InChI=1S/C30H35F2N3O3/c1-19-13-26(38-2)24(23-7-10-33-27(19)23)16-34-12-9-29(17-30(31,32)18-29)14-25(34)20-3-5-21(6-4-20)28(37)35-11-8-22(36)15-35/h3-7,10,13,22,25,33,36H,8-9,11-12,14-18H2,1-2H3/t22-,25+/m1/s1. The van der Waals surface area contributed by atoms with Gasteiger partial charge in [-0.15, -0.1) is 0 Å². The van der Waals surface area contributed by atoms with E-state index in [2.05, 4.69) is 28.9 Å². The summed E-state index contributed by atoms with van der Waals surface area (Å²) < 4.78 is 33.9. The van der Waals surface area contributed by atoms with Crippen molar-refractivity contribution in [1.29, 1.82) is 0 Å². The van der Waals surface area contributed by atoms with Crippen molar-refractivity contribution >= 4 is 16.8 Å². The summed E-state index contributed by atoms with van der Waals surface area (Å²) in [6, 6.07) is 11.7. The van der Waals surface area contributed by atoms with Crippen molar-refractivity contribution in [2.45, 2.75) is 63.6 Å². The summed E-state index contributed by atoms with van der Waals surface area (Å²) in [7, 11) is 1.69. The second-order valence-corrected chi connectivity index (χ2v) is 11.6. The predicted octanol–water partition coefficient (Wildman–Crippen LogP) is 5.44. The van der Waals surface area contributed by atoms with Crippen molar-refractivity contribution in [2.24, 2.45) is 5.41 Å². The van der Waals surface area contributed by atoms with Crippen molar-refractivity contribution in [3.63, 3.8) is 0 Å². The van der Waals surface area contributed by atoms with Crippen molar-refractivity contribution in [3.8, 4) is 5.75 Å². The number of aromatic amines is 1. The number of hydrogen-bond acceptors (Lipinski definition) is 4. The zero-order valence-electron chi connectivity index (χ0n) is 22.0. The largest absolute Gasteiger partial charge is 0.496 e. The summed E-state index contributed by atoms with van der Waals surface area (Å²) in [6.45, 7) is 4.33. The molecule has 2 saturated heterocycles. The number of fused-ring (bicyclic) bond motifs is 1. The van der Waals surface area contributed by atoms with E-state index in [1.165, 1.54) is 0 Å². The normalized spacial score (nSPS) is 24.6. The Morgan fingerprint density at radius 1 is 1.18 bits per heavy atom. The Labute approximate surface area is 221 Å². The maximum atomic E-state index is 14.0. The van der Waals surface area contributed by atoms with Crippen LogP contribution in [0.1, 0.15) is 65.2 Å². The molecule has 2 aliphatic heterocycles. The molecule has 1 amide bonds. The van der Waals surface area contributed by atoms with Crippen LogP contribution >= 0.6 is 0 Å². The number of β-amino-alcohol motifs (C(OH)–C–C–N with tert-alkyl or cyclic N) is 1.